The average molecular weight is 439 g/mol. The molecule has 0 fully saturated rings. The molecule has 2 aromatic carbocycles. The molecule has 2 aromatic rings. The molecule has 0 unspecified atom stereocenters. The number of carbonyl (C=O) groups excluding carboxylic acids is 2. The number of ether oxygens (including phenoxy) is 1. The summed E-state index contributed by atoms with van der Waals surface area (Å²) in [5.74, 6) is 0.259. The van der Waals surface area contributed by atoms with Crippen LogP contribution in [-0.4, -0.2) is 35.4 Å². The molecule has 0 bridgehead atoms. The summed E-state index contributed by atoms with van der Waals surface area (Å²) in [4.78, 5) is 27.6. The molecule has 2 amide bonds. The Balaban J connectivity index is 2.15. The van der Waals surface area contributed by atoms with Crippen molar-refractivity contribution < 1.29 is 14.3 Å². The largest absolute Gasteiger partial charge is 0.484 e. The number of carbonyl (C=O) groups is 2. The lowest BCUT2D eigenvalue weighted by Gasteiger charge is -2.30. The van der Waals surface area contributed by atoms with Crippen LogP contribution >= 0.6 is 0 Å². The van der Waals surface area contributed by atoms with Crippen LogP contribution < -0.4 is 10.1 Å². The smallest absolute Gasteiger partial charge is 0.261 e. The second kappa shape index (κ2) is 11.2. The van der Waals surface area contributed by atoms with Gasteiger partial charge >= 0.3 is 0 Å². The predicted molar refractivity (Wildman–Crippen MR) is 130 cm³/mol. The highest BCUT2D eigenvalue weighted by molar-refractivity contribution is 5.88. The van der Waals surface area contributed by atoms with Gasteiger partial charge in [0.25, 0.3) is 5.91 Å². The monoisotopic (exact) mass is 438 g/mol. The lowest BCUT2D eigenvalue weighted by molar-refractivity contribution is -0.142. The van der Waals surface area contributed by atoms with Crippen LogP contribution in [0.25, 0.3) is 0 Å². The molecule has 32 heavy (non-hydrogen) atoms. The third-order valence-electron chi connectivity index (χ3n) is 5.85. The molecule has 2 atom stereocenters. The van der Waals surface area contributed by atoms with Crippen molar-refractivity contribution in [3.05, 3.63) is 65.2 Å². The summed E-state index contributed by atoms with van der Waals surface area (Å²) in [5, 5.41) is 2.99. The number of rotatable bonds is 9. The normalized spacial score (nSPS) is 13.2. The van der Waals surface area contributed by atoms with E-state index in [1.807, 2.05) is 69.3 Å². The van der Waals surface area contributed by atoms with Crippen molar-refractivity contribution in [1.29, 1.82) is 0 Å². The Morgan fingerprint density at radius 2 is 1.66 bits per heavy atom. The average Bonchev–Trinajstić information content (AvgIpc) is 2.76. The Kier molecular flexibility index (Phi) is 8.88. The molecule has 174 valence electrons. The number of aryl methyl sites for hydroxylation is 1. The molecule has 0 heterocycles. The number of benzene rings is 2. The van der Waals surface area contributed by atoms with E-state index < -0.39 is 6.04 Å². The molecule has 0 aliphatic carbocycles. The molecule has 0 aliphatic rings. The van der Waals surface area contributed by atoms with Crippen molar-refractivity contribution in [2.24, 2.45) is 0 Å². The fourth-order valence-electron chi connectivity index (χ4n) is 3.30. The minimum absolute atomic E-state index is 0.0527. The fourth-order valence-corrected chi connectivity index (χ4v) is 3.30. The number of hydrogen-bond donors (Lipinski definition) is 1. The molecule has 0 aromatic heterocycles. The maximum absolute atomic E-state index is 13.2. The van der Waals surface area contributed by atoms with Crippen LogP contribution in [0.1, 0.15) is 64.7 Å². The summed E-state index contributed by atoms with van der Waals surface area (Å²) < 4.78 is 5.79. The van der Waals surface area contributed by atoms with Gasteiger partial charge < -0.3 is 15.0 Å². The Morgan fingerprint density at radius 3 is 2.22 bits per heavy atom. The van der Waals surface area contributed by atoms with Crippen LogP contribution in [0, 0.1) is 6.92 Å². The standard InChI is InChI=1S/C27H38N2O3/c1-8-20(3)28-26(31)21(4)29(17-22-12-10-9-11-19(22)2)25(30)18-32-24-15-13-23(14-16-24)27(5,6)7/h9-16,20-21H,8,17-18H2,1-7H3,(H,28,31)/t20-,21+/m0/s1. The predicted octanol–water partition coefficient (Wildman–Crippen LogP) is 5.00. The number of amides is 2. The van der Waals surface area contributed by atoms with E-state index in [0.717, 1.165) is 17.5 Å². The first-order chi connectivity index (χ1) is 15.0. The van der Waals surface area contributed by atoms with E-state index in [2.05, 4.69) is 26.1 Å². The van der Waals surface area contributed by atoms with E-state index >= 15 is 0 Å². The van der Waals surface area contributed by atoms with Crippen molar-refractivity contribution in [3.63, 3.8) is 0 Å². The van der Waals surface area contributed by atoms with Gasteiger partial charge in [-0.3, -0.25) is 9.59 Å². The van der Waals surface area contributed by atoms with Gasteiger partial charge in [0.2, 0.25) is 5.91 Å². The minimum atomic E-state index is -0.608. The maximum Gasteiger partial charge on any atom is 0.261 e. The van der Waals surface area contributed by atoms with E-state index in [0.29, 0.717) is 12.3 Å². The molecular weight excluding hydrogens is 400 g/mol. The Bertz CT molecular complexity index is 900. The second-order valence-electron chi connectivity index (χ2n) is 9.51. The van der Waals surface area contributed by atoms with E-state index in [-0.39, 0.29) is 29.9 Å². The van der Waals surface area contributed by atoms with E-state index in [9.17, 15) is 9.59 Å². The van der Waals surface area contributed by atoms with Crippen molar-refractivity contribution in [1.82, 2.24) is 10.2 Å². The molecule has 0 aliphatic heterocycles. The van der Waals surface area contributed by atoms with Gasteiger partial charge in [-0.05, 0) is 61.4 Å². The van der Waals surface area contributed by atoms with Crippen molar-refractivity contribution in [3.8, 4) is 5.75 Å². The van der Waals surface area contributed by atoms with Crippen LogP contribution in [0.15, 0.2) is 48.5 Å². The van der Waals surface area contributed by atoms with Crippen molar-refractivity contribution in [2.45, 2.75) is 78.9 Å². The van der Waals surface area contributed by atoms with Crippen LogP contribution in [0.3, 0.4) is 0 Å². The number of nitrogens with zero attached hydrogens (tertiary/aromatic N) is 1. The zero-order valence-corrected chi connectivity index (χ0v) is 20.6. The van der Waals surface area contributed by atoms with Gasteiger partial charge in [0.05, 0.1) is 0 Å². The Hall–Kier alpha value is -2.82. The van der Waals surface area contributed by atoms with Crippen LogP contribution in [0.2, 0.25) is 0 Å². The SMILES string of the molecule is CC[C@H](C)NC(=O)[C@@H](C)N(Cc1ccccc1C)C(=O)COc1ccc(C(C)(C)C)cc1. The Labute approximate surface area is 193 Å². The number of hydrogen-bond acceptors (Lipinski definition) is 3. The van der Waals surface area contributed by atoms with Gasteiger partial charge in [-0.1, -0.05) is 64.1 Å². The first kappa shape index (κ1) is 25.4. The highest BCUT2D eigenvalue weighted by atomic mass is 16.5. The fraction of sp³-hybridized carbons (Fsp3) is 0.481. The number of nitrogens with one attached hydrogen (secondary N) is 1. The van der Waals surface area contributed by atoms with Crippen molar-refractivity contribution in [2.75, 3.05) is 6.61 Å². The van der Waals surface area contributed by atoms with Crippen LogP contribution in [0.5, 0.6) is 5.75 Å². The maximum atomic E-state index is 13.2. The van der Waals surface area contributed by atoms with Gasteiger partial charge in [0, 0.05) is 12.6 Å². The van der Waals surface area contributed by atoms with E-state index in [1.54, 1.807) is 11.8 Å². The third kappa shape index (κ3) is 7.11. The van der Waals surface area contributed by atoms with Gasteiger partial charge in [0.1, 0.15) is 11.8 Å². The van der Waals surface area contributed by atoms with Gasteiger partial charge in [-0.25, -0.2) is 0 Å². The summed E-state index contributed by atoms with van der Waals surface area (Å²) in [5.41, 5.74) is 3.35. The molecule has 1 N–H and O–H groups in total. The molecule has 0 saturated carbocycles. The second-order valence-corrected chi connectivity index (χ2v) is 9.51. The first-order valence-corrected chi connectivity index (χ1v) is 11.4. The summed E-state index contributed by atoms with van der Waals surface area (Å²) >= 11 is 0. The van der Waals surface area contributed by atoms with Gasteiger partial charge in [0.15, 0.2) is 6.61 Å². The molecule has 0 spiro atoms. The summed E-state index contributed by atoms with van der Waals surface area (Å²) in [6.45, 7) is 14.5. The van der Waals surface area contributed by atoms with E-state index in [4.69, 9.17) is 4.74 Å². The summed E-state index contributed by atoms with van der Waals surface area (Å²) in [7, 11) is 0. The molecule has 5 heteroatoms. The first-order valence-electron chi connectivity index (χ1n) is 11.4. The van der Waals surface area contributed by atoms with Crippen LogP contribution in [-0.2, 0) is 21.5 Å². The zero-order chi connectivity index (χ0) is 23.9. The van der Waals surface area contributed by atoms with E-state index in [1.165, 1.54) is 5.56 Å². The van der Waals surface area contributed by atoms with Crippen LogP contribution in [0.4, 0.5) is 0 Å². The highest BCUT2D eigenvalue weighted by Crippen LogP contribution is 2.24. The summed E-state index contributed by atoms with van der Waals surface area (Å²) in [6, 6.07) is 15.2. The minimum Gasteiger partial charge on any atom is -0.484 e. The van der Waals surface area contributed by atoms with Gasteiger partial charge in [-0.15, -0.1) is 0 Å². The van der Waals surface area contributed by atoms with Gasteiger partial charge in [-0.2, -0.15) is 0 Å². The van der Waals surface area contributed by atoms with Crippen molar-refractivity contribution >= 4 is 11.8 Å². The topological polar surface area (TPSA) is 58.6 Å². The molecule has 5 nitrogen and oxygen atoms in total. The quantitative estimate of drug-likeness (QED) is 0.599. The third-order valence-corrected chi connectivity index (χ3v) is 5.85. The highest BCUT2D eigenvalue weighted by Gasteiger charge is 2.27. The molecule has 2 rings (SSSR count). The molecule has 0 saturated heterocycles. The lowest BCUT2D eigenvalue weighted by Crippen LogP contribution is -2.50. The zero-order valence-electron chi connectivity index (χ0n) is 20.6. The summed E-state index contributed by atoms with van der Waals surface area (Å²) in [6.07, 6.45) is 0.831. The Morgan fingerprint density at radius 1 is 1.03 bits per heavy atom. The lowest BCUT2D eigenvalue weighted by atomic mass is 9.87. The molecule has 0 radical (unpaired) electrons. The molecular formula is C27H38N2O3.